The van der Waals surface area contributed by atoms with E-state index < -0.39 is 10.1 Å². The Balaban J connectivity index is 3.38. The van der Waals surface area contributed by atoms with Crippen LogP contribution in [0.25, 0.3) is 0 Å². The molecule has 0 aliphatic heterocycles. The largest absolute Gasteiger partial charge is 0.295 e. The Morgan fingerprint density at radius 3 is 2.06 bits per heavy atom. The third-order valence-electron chi connectivity index (χ3n) is 2.96. The molecule has 0 saturated carbocycles. The lowest BCUT2D eigenvalue weighted by Crippen LogP contribution is -2.08. The number of rotatable bonds is 6. The van der Waals surface area contributed by atoms with Crippen molar-refractivity contribution < 1.29 is 13.0 Å². The molecule has 18 heavy (non-hydrogen) atoms. The Hall–Kier alpha value is -0.870. The molecule has 1 aromatic carbocycles. The summed E-state index contributed by atoms with van der Waals surface area (Å²) in [6.07, 6.45) is 4.17. The second-order valence-electron chi connectivity index (χ2n) is 4.74. The molecule has 0 saturated heterocycles. The Labute approximate surface area is 110 Å². The maximum Gasteiger partial charge on any atom is 0.295 e. The molecule has 4 heteroatoms. The number of hydrogen-bond donors (Lipinski definition) is 1. The van der Waals surface area contributed by atoms with Crippen molar-refractivity contribution in [2.45, 2.75) is 57.8 Å². The predicted molar refractivity (Wildman–Crippen MR) is 73.6 cm³/mol. The molecular formula is C14H22O3S. The van der Waals surface area contributed by atoms with Gasteiger partial charge in [0.2, 0.25) is 0 Å². The Morgan fingerprint density at radius 1 is 1.06 bits per heavy atom. The van der Waals surface area contributed by atoms with Crippen LogP contribution in [0.4, 0.5) is 0 Å². The van der Waals surface area contributed by atoms with E-state index in [1.54, 1.807) is 0 Å². The van der Waals surface area contributed by atoms with Gasteiger partial charge in [0.15, 0.2) is 0 Å². The Bertz CT molecular complexity index is 504. The van der Waals surface area contributed by atoms with Crippen molar-refractivity contribution in [3.8, 4) is 0 Å². The zero-order valence-corrected chi connectivity index (χ0v) is 12.2. The van der Waals surface area contributed by atoms with Crippen LogP contribution < -0.4 is 0 Å². The van der Waals surface area contributed by atoms with Crippen LogP contribution in [0.5, 0.6) is 0 Å². The van der Waals surface area contributed by atoms with Gasteiger partial charge in [0, 0.05) is 0 Å². The molecule has 0 aromatic heterocycles. The average Bonchev–Trinajstić information content (AvgIpc) is 2.24. The SMILES string of the molecule is CCCCc1cc(C)cc(CCC)c1S(=O)(=O)O. The van der Waals surface area contributed by atoms with Gasteiger partial charge in [-0.2, -0.15) is 8.42 Å². The molecule has 0 aliphatic carbocycles. The van der Waals surface area contributed by atoms with Crippen LogP contribution in [0.1, 0.15) is 49.8 Å². The first-order valence-corrected chi connectivity index (χ1v) is 7.94. The molecule has 0 atom stereocenters. The fraction of sp³-hybridized carbons (Fsp3) is 0.571. The van der Waals surface area contributed by atoms with Crippen LogP contribution in [0, 0.1) is 6.92 Å². The summed E-state index contributed by atoms with van der Waals surface area (Å²) in [5, 5.41) is 0. The Morgan fingerprint density at radius 2 is 1.61 bits per heavy atom. The summed E-state index contributed by atoms with van der Waals surface area (Å²) < 4.78 is 32.6. The van der Waals surface area contributed by atoms with Gasteiger partial charge in [0.1, 0.15) is 4.90 Å². The zero-order valence-electron chi connectivity index (χ0n) is 11.4. The molecule has 102 valence electrons. The zero-order chi connectivity index (χ0) is 13.8. The molecular weight excluding hydrogens is 248 g/mol. The van der Waals surface area contributed by atoms with E-state index in [0.29, 0.717) is 12.8 Å². The number of aryl methyl sites for hydroxylation is 3. The maximum absolute atomic E-state index is 11.6. The molecule has 3 nitrogen and oxygen atoms in total. The molecule has 0 aliphatic rings. The monoisotopic (exact) mass is 270 g/mol. The minimum Gasteiger partial charge on any atom is -0.282 e. The summed E-state index contributed by atoms with van der Waals surface area (Å²) in [5.41, 5.74) is 2.55. The van der Waals surface area contributed by atoms with Crippen LogP contribution >= 0.6 is 0 Å². The molecule has 0 radical (unpaired) electrons. The van der Waals surface area contributed by atoms with E-state index in [-0.39, 0.29) is 4.90 Å². The number of benzene rings is 1. The molecule has 0 amide bonds. The van der Waals surface area contributed by atoms with Crippen molar-refractivity contribution in [3.05, 3.63) is 28.8 Å². The highest BCUT2D eigenvalue weighted by Crippen LogP contribution is 2.25. The predicted octanol–water partition coefficient (Wildman–Crippen LogP) is 3.54. The summed E-state index contributed by atoms with van der Waals surface area (Å²) >= 11 is 0. The topological polar surface area (TPSA) is 54.4 Å². The van der Waals surface area contributed by atoms with E-state index in [9.17, 15) is 13.0 Å². The molecule has 0 fully saturated rings. The van der Waals surface area contributed by atoms with Crippen molar-refractivity contribution in [1.82, 2.24) is 0 Å². The van der Waals surface area contributed by atoms with Crippen LogP contribution in [-0.2, 0) is 23.0 Å². The van der Waals surface area contributed by atoms with Gasteiger partial charge in [0.05, 0.1) is 0 Å². The molecule has 0 spiro atoms. The number of unbranched alkanes of at least 4 members (excludes halogenated alkanes) is 1. The van der Waals surface area contributed by atoms with Crippen LogP contribution in [-0.4, -0.2) is 13.0 Å². The first-order valence-electron chi connectivity index (χ1n) is 6.50. The molecule has 1 rings (SSSR count). The standard InChI is InChI=1S/C14H22O3S/c1-4-6-8-13-10-11(3)9-12(7-5-2)14(13)18(15,16)17/h9-10H,4-8H2,1-3H3,(H,15,16,17). The third-order valence-corrected chi connectivity index (χ3v) is 4.00. The van der Waals surface area contributed by atoms with E-state index >= 15 is 0 Å². The van der Waals surface area contributed by atoms with Crippen LogP contribution in [0.2, 0.25) is 0 Å². The average molecular weight is 270 g/mol. The van der Waals surface area contributed by atoms with E-state index in [4.69, 9.17) is 0 Å². The normalized spacial score (nSPS) is 11.8. The van der Waals surface area contributed by atoms with Crippen molar-refractivity contribution in [3.63, 3.8) is 0 Å². The van der Waals surface area contributed by atoms with Gasteiger partial charge in [-0.1, -0.05) is 44.4 Å². The second-order valence-corrected chi connectivity index (χ2v) is 6.10. The highest BCUT2D eigenvalue weighted by molar-refractivity contribution is 7.86. The van der Waals surface area contributed by atoms with E-state index in [1.807, 2.05) is 26.0 Å². The summed E-state index contributed by atoms with van der Waals surface area (Å²) in [7, 11) is -4.13. The lowest BCUT2D eigenvalue weighted by molar-refractivity contribution is 0.480. The molecule has 1 N–H and O–H groups in total. The summed E-state index contributed by atoms with van der Waals surface area (Å²) in [6, 6.07) is 3.74. The molecule has 0 heterocycles. The highest BCUT2D eigenvalue weighted by Gasteiger charge is 2.20. The van der Waals surface area contributed by atoms with Crippen molar-refractivity contribution in [2.24, 2.45) is 0 Å². The minimum atomic E-state index is -4.13. The summed E-state index contributed by atoms with van der Waals surface area (Å²) in [6.45, 7) is 6.03. The first-order chi connectivity index (χ1) is 8.40. The van der Waals surface area contributed by atoms with E-state index in [1.165, 1.54) is 0 Å². The van der Waals surface area contributed by atoms with Gasteiger partial charge in [-0.3, -0.25) is 4.55 Å². The lowest BCUT2D eigenvalue weighted by atomic mass is 9.99. The molecule has 1 aromatic rings. The van der Waals surface area contributed by atoms with Crippen molar-refractivity contribution >= 4 is 10.1 Å². The second kappa shape index (κ2) is 6.34. The lowest BCUT2D eigenvalue weighted by Gasteiger charge is -2.13. The molecule has 0 bridgehead atoms. The van der Waals surface area contributed by atoms with Gasteiger partial charge in [-0.25, -0.2) is 0 Å². The van der Waals surface area contributed by atoms with E-state index in [2.05, 4.69) is 6.92 Å². The number of hydrogen-bond acceptors (Lipinski definition) is 2. The quantitative estimate of drug-likeness (QED) is 0.804. The smallest absolute Gasteiger partial charge is 0.282 e. The van der Waals surface area contributed by atoms with E-state index in [0.717, 1.165) is 36.0 Å². The third kappa shape index (κ3) is 3.82. The maximum atomic E-state index is 11.6. The van der Waals surface area contributed by atoms with Gasteiger partial charge in [-0.05, 0) is 37.3 Å². The first kappa shape index (κ1) is 15.2. The van der Waals surface area contributed by atoms with Crippen molar-refractivity contribution in [1.29, 1.82) is 0 Å². The van der Waals surface area contributed by atoms with Crippen LogP contribution in [0.3, 0.4) is 0 Å². The van der Waals surface area contributed by atoms with Gasteiger partial charge >= 0.3 is 0 Å². The van der Waals surface area contributed by atoms with Crippen LogP contribution in [0.15, 0.2) is 17.0 Å². The summed E-state index contributed by atoms with van der Waals surface area (Å²) in [5.74, 6) is 0. The van der Waals surface area contributed by atoms with Gasteiger partial charge in [-0.15, -0.1) is 0 Å². The summed E-state index contributed by atoms with van der Waals surface area (Å²) in [4.78, 5) is 0.142. The molecule has 0 unspecified atom stereocenters. The minimum absolute atomic E-state index is 0.142. The Kier molecular flexibility index (Phi) is 5.35. The van der Waals surface area contributed by atoms with Gasteiger partial charge < -0.3 is 0 Å². The fourth-order valence-corrected chi connectivity index (χ4v) is 3.25. The van der Waals surface area contributed by atoms with Crippen molar-refractivity contribution in [2.75, 3.05) is 0 Å². The highest BCUT2D eigenvalue weighted by atomic mass is 32.2. The fourth-order valence-electron chi connectivity index (χ4n) is 2.27. The van der Waals surface area contributed by atoms with Gasteiger partial charge in [0.25, 0.3) is 10.1 Å².